The Hall–Kier alpha value is -3.45. The number of nitrogens with zero attached hydrogens (tertiary/aromatic N) is 1. The molecule has 3 amide bonds. The highest BCUT2D eigenvalue weighted by Gasteiger charge is 2.61. The van der Waals surface area contributed by atoms with Crippen molar-refractivity contribution < 1.29 is 37.1 Å². The Morgan fingerprint density at radius 3 is 2.57 bits per heavy atom. The molecule has 2 fully saturated rings. The zero-order valence-electron chi connectivity index (χ0n) is 27.3. The van der Waals surface area contributed by atoms with Crippen LogP contribution in [0.25, 0.3) is 0 Å². The molecule has 2 heterocycles. The van der Waals surface area contributed by atoms with Gasteiger partial charge in [0.15, 0.2) is 5.78 Å². The number of rotatable bonds is 8. The van der Waals surface area contributed by atoms with E-state index in [1.165, 1.54) is 12.0 Å². The molecule has 1 saturated carbocycles. The number of fused-ring (bicyclic) bond motifs is 2. The molecule has 4 atom stereocenters. The second-order valence-corrected chi connectivity index (χ2v) is 15.0. The molecule has 12 nitrogen and oxygen atoms in total. The maximum Gasteiger partial charge on any atom is 0.408 e. The first-order valence-corrected chi connectivity index (χ1v) is 17.7. The number of hydrogen-bond acceptors (Lipinski definition) is 8. The van der Waals surface area contributed by atoms with Gasteiger partial charge in [-0.2, -0.15) is 13.1 Å². The van der Waals surface area contributed by atoms with Gasteiger partial charge in [-0.05, 0) is 83.3 Å². The average Bonchev–Trinajstić information content (AvgIpc) is 3.44. The molecule has 0 aromatic heterocycles. The number of allylic oxidation sites excluding steroid dienone is 2. The fourth-order valence-electron chi connectivity index (χ4n) is 6.37. The van der Waals surface area contributed by atoms with Crippen LogP contribution in [-0.2, 0) is 35.8 Å². The Kier molecular flexibility index (Phi) is 11.5. The largest absolute Gasteiger partial charge is 0.496 e. The molecular formula is C33H48N4O8S. The molecule has 0 bridgehead atoms. The van der Waals surface area contributed by atoms with Crippen molar-refractivity contribution in [1.29, 1.82) is 0 Å². The number of carbonyl (C=O) groups is 4. The second kappa shape index (κ2) is 15.0. The summed E-state index contributed by atoms with van der Waals surface area (Å²) in [5.41, 5.74) is -1.15. The van der Waals surface area contributed by atoms with Gasteiger partial charge in [0.05, 0.1) is 18.6 Å². The van der Waals surface area contributed by atoms with Crippen LogP contribution < -0.4 is 19.5 Å². The van der Waals surface area contributed by atoms with E-state index in [9.17, 15) is 27.6 Å². The third-order valence-corrected chi connectivity index (χ3v) is 9.85. The lowest BCUT2D eigenvalue weighted by Gasteiger charge is -2.30. The van der Waals surface area contributed by atoms with Gasteiger partial charge in [0, 0.05) is 19.5 Å². The van der Waals surface area contributed by atoms with Crippen molar-refractivity contribution in [3.63, 3.8) is 0 Å². The van der Waals surface area contributed by atoms with E-state index in [-0.39, 0.29) is 30.6 Å². The van der Waals surface area contributed by atoms with Gasteiger partial charge in [-0.15, -0.1) is 0 Å². The minimum atomic E-state index is -4.22. The first-order chi connectivity index (χ1) is 21.7. The lowest BCUT2D eigenvalue weighted by Crippen LogP contribution is -2.53. The summed E-state index contributed by atoms with van der Waals surface area (Å²) in [4.78, 5) is 55.3. The van der Waals surface area contributed by atoms with Crippen LogP contribution in [0.4, 0.5) is 4.79 Å². The second-order valence-electron chi connectivity index (χ2n) is 13.5. The smallest absolute Gasteiger partial charge is 0.408 e. The summed E-state index contributed by atoms with van der Waals surface area (Å²) >= 11 is 0. The predicted octanol–water partition coefficient (Wildman–Crippen LogP) is 3.56. The van der Waals surface area contributed by atoms with Crippen LogP contribution in [0, 0.1) is 11.3 Å². The number of methoxy groups -OCH3 is 1. The van der Waals surface area contributed by atoms with Crippen molar-refractivity contribution in [3.8, 4) is 5.75 Å². The number of ketones is 1. The molecular weight excluding hydrogens is 612 g/mol. The summed E-state index contributed by atoms with van der Waals surface area (Å²) in [6.45, 7) is 5.63. The Balaban J connectivity index is 1.47. The number of Topliss-reactive ketones (excluding diaryl/α,β-unsaturated/α-hetero) is 1. The third kappa shape index (κ3) is 9.31. The van der Waals surface area contributed by atoms with Crippen LogP contribution in [0.3, 0.4) is 0 Å². The highest BCUT2D eigenvalue weighted by Crippen LogP contribution is 2.57. The number of carbonyl (C=O) groups excluding carboxylic acids is 4. The third-order valence-electron chi connectivity index (χ3n) is 8.81. The Bertz CT molecular complexity index is 1420. The topological polar surface area (TPSA) is 160 Å². The van der Waals surface area contributed by atoms with Gasteiger partial charge < -0.3 is 19.7 Å². The summed E-state index contributed by atoms with van der Waals surface area (Å²) in [5.74, 6) is -1.02. The van der Waals surface area contributed by atoms with E-state index in [0.717, 1.165) is 24.8 Å². The first kappa shape index (κ1) is 35.4. The Morgan fingerprint density at radius 2 is 1.83 bits per heavy atom. The number of benzene rings is 1. The van der Waals surface area contributed by atoms with E-state index in [1.54, 1.807) is 26.8 Å². The summed E-state index contributed by atoms with van der Waals surface area (Å²) in [6, 6.07) is 5.67. The molecule has 254 valence electrons. The summed E-state index contributed by atoms with van der Waals surface area (Å²) < 4.78 is 41.2. The Morgan fingerprint density at radius 1 is 1.07 bits per heavy atom. The maximum absolute atomic E-state index is 13.8. The van der Waals surface area contributed by atoms with Crippen LogP contribution in [0.2, 0.25) is 0 Å². The predicted molar refractivity (Wildman–Crippen MR) is 172 cm³/mol. The minimum absolute atomic E-state index is 0.0376. The van der Waals surface area contributed by atoms with Crippen LogP contribution in [-0.4, -0.2) is 74.9 Å². The number of alkyl carbamates (subject to hydrolysis) is 1. The standard InChI is InChI=1S/C33H48N4O8S/c1-32(2,3)45-31(41)35-25-15-9-7-5-6-8-14-24-21-33(24,22-27(38)26-16-12-20-37(26)29(25)39)30(40)36-46(42,43)34-19-18-23-13-10-11-17-28(23)44-4/h8,10-11,13-14,17,24-26,34H,5-7,9,12,15-16,18-22H2,1-4H3,(H,35,41)(H,36,40)/b14-8-/t24-,25+,26+,33-/m1/s1. The number of para-hydroxylation sites is 1. The van der Waals surface area contributed by atoms with Gasteiger partial charge in [-0.3, -0.25) is 14.4 Å². The van der Waals surface area contributed by atoms with E-state index < -0.39 is 45.3 Å². The van der Waals surface area contributed by atoms with Crippen molar-refractivity contribution in [2.75, 3.05) is 20.2 Å². The van der Waals surface area contributed by atoms with Gasteiger partial charge in [0.25, 0.3) is 0 Å². The summed E-state index contributed by atoms with van der Waals surface area (Å²) in [7, 11) is -2.68. The van der Waals surface area contributed by atoms with Gasteiger partial charge in [0.2, 0.25) is 11.8 Å². The molecule has 46 heavy (non-hydrogen) atoms. The monoisotopic (exact) mass is 660 g/mol. The number of amides is 3. The van der Waals surface area contributed by atoms with Crippen LogP contribution >= 0.6 is 0 Å². The summed E-state index contributed by atoms with van der Waals surface area (Å²) in [6.07, 6.45) is 8.24. The molecule has 0 unspecified atom stereocenters. The molecule has 2 aliphatic heterocycles. The molecule has 0 radical (unpaired) electrons. The van der Waals surface area contributed by atoms with Gasteiger partial charge in [-0.1, -0.05) is 43.2 Å². The van der Waals surface area contributed by atoms with E-state index >= 15 is 0 Å². The quantitative estimate of drug-likeness (QED) is 0.357. The van der Waals surface area contributed by atoms with Gasteiger partial charge >= 0.3 is 16.3 Å². The van der Waals surface area contributed by atoms with Crippen LogP contribution in [0.1, 0.15) is 84.1 Å². The SMILES string of the molecule is COc1ccccc1CCNS(=O)(=O)NC(=O)[C@]12CC(=O)[C@@H]3CCCN3C(=O)[C@@H](NC(=O)OC(C)(C)C)CCCCC/C=C\[C@@H]1C2. The molecule has 0 spiro atoms. The Labute approximate surface area is 272 Å². The van der Waals surface area contributed by atoms with Crippen LogP contribution in [0.5, 0.6) is 5.75 Å². The van der Waals surface area contributed by atoms with Gasteiger partial charge in [0.1, 0.15) is 17.4 Å². The zero-order chi connectivity index (χ0) is 33.5. The minimum Gasteiger partial charge on any atom is -0.496 e. The van der Waals surface area contributed by atoms with Crippen molar-refractivity contribution in [2.45, 2.75) is 103 Å². The fraction of sp³-hybridized carbons (Fsp3) is 0.636. The van der Waals surface area contributed by atoms with E-state index in [0.29, 0.717) is 50.8 Å². The number of hydrogen-bond donors (Lipinski definition) is 3. The molecule has 3 N–H and O–H groups in total. The zero-order valence-corrected chi connectivity index (χ0v) is 28.1. The van der Waals surface area contributed by atoms with Crippen molar-refractivity contribution in [2.24, 2.45) is 11.3 Å². The first-order valence-electron chi connectivity index (χ1n) is 16.2. The lowest BCUT2D eigenvalue weighted by atomic mass is 9.91. The molecule has 1 aromatic carbocycles. The van der Waals surface area contributed by atoms with Crippen LogP contribution in [0.15, 0.2) is 36.4 Å². The number of nitrogens with one attached hydrogen (secondary N) is 3. The fourth-order valence-corrected chi connectivity index (χ4v) is 7.26. The highest BCUT2D eigenvalue weighted by molar-refractivity contribution is 7.88. The normalized spacial score (nSPS) is 26.5. The van der Waals surface area contributed by atoms with Crippen molar-refractivity contribution in [3.05, 3.63) is 42.0 Å². The number of ether oxygens (including phenoxy) is 2. The molecule has 1 saturated heterocycles. The van der Waals surface area contributed by atoms with E-state index in [1.807, 2.05) is 30.4 Å². The maximum atomic E-state index is 13.8. The van der Waals surface area contributed by atoms with E-state index in [4.69, 9.17) is 9.47 Å². The molecule has 4 rings (SSSR count). The molecule has 1 aromatic rings. The average molecular weight is 661 g/mol. The highest BCUT2D eigenvalue weighted by atomic mass is 32.2. The summed E-state index contributed by atoms with van der Waals surface area (Å²) in [5, 5.41) is 2.72. The molecule has 1 aliphatic carbocycles. The van der Waals surface area contributed by atoms with E-state index in [2.05, 4.69) is 14.8 Å². The molecule has 13 heteroatoms. The molecule has 3 aliphatic rings. The van der Waals surface area contributed by atoms with Gasteiger partial charge in [-0.25, -0.2) is 9.52 Å². The van der Waals surface area contributed by atoms with Crippen molar-refractivity contribution in [1.82, 2.24) is 19.7 Å². The lowest BCUT2D eigenvalue weighted by molar-refractivity contribution is -0.140. The van der Waals surface area contributed by atoms with Crippen molar-refractivity contribution >= 4 is 33.9 Å².